The van der Waals surface area contributed by atoms with E-state index < -0.39 is 18.1 Å². The minimum Gasteiger partial charge on any atom is -0.494 e. The summed E-state index contributed by atoms with van der Waals surface area (Å²) >= 11 is 0. The van der Waals surface area contributed by atoms with E-state index in [9.17, 15) is 18.0 Å². The lowest BCUT2D eigenvalue weighted by Crippen LogP contribution is -2.43. The Kier molecular flexibility index (Phi) is 5.28. The number of unbranched alkanes of at least 4 members (excludes halogenated alkanes) is 1. The molecule has 1 aliphatic heterocycles. The van der Waals surface area contributed by atoms with Gasteiger partial charge in [-0.15, -0.1) is 0 Å². The maximum Gasteiger partial charge on any atom is 0.409 e. The summed E-state index contributed by atoms with van der Waals surface area (Å²) < 4.78 is 45.6. The van der Waals surface area contributed by atoms with E-state index in [2.05, 4.69) is 5.43 Å². The molecule has 1 atom stereocenters. The van der Waals surface area contributed by atoms with E-state index >= 15 is 0 Å². The van der Waals surface area contributed by atoms with E-state index in [0.717, 1.165) is 17.9 Å². The third-order valence-electron chi connectivity index (χ3n) is 3.41. The summed E-state index contributed by atoms with van der Waals surface area (Å²) in [5, 5.41) is 0.938. The van der Waals surface area contributed by atoms with Crippen LogP contribution in [0.2, 0.25) is 0 Å². The van der Waals surface area contributed by atoms with Gasteiger partial charge in [-0.1, -0.05) is 25.5 Å². The predicted octanol–water partition coefficient (Wildman–Crippen LogP) is 3.21. The third-order valence-corrected chi connectivity index (χ3v) is 3.41. The van der Waals surface area contributed by atoms with Crippen LogP contribution >= 0.6 is 0 Å². The molecule has 1 aromatic carbocycles. The van der Waals surface area contributed by atoms with Crippen molar-refractivity contribution in [1.29, 1.82) is 0 Å². The zero-order valence-electron chi connectivity index (χ0n) is 12.3. The van der Waals surface area contributed by atoms with E-state index in [1.807, 2.05) is 6.92 Å². The number of rotatable bonds is 6. The number of ether oxygens (including phenoxy) is 1. The van der Waals surface area contributed by atoms with Crippen molar-refractivity contribution in [3.8, 4) is 5.75 Å². The molecule has 4 nitrogen and oxygen atoms in total. The molecule has 1 heterocycles. The highest BCUT2D eigenvalue weighted by Crippen LogP contribution is 2.38. The molecule has 1 saturated heterocycles. The van der Waals surface area contributed by atoms with Gasteiger partial charge in [0.1, 0.15) is 11.8 Å². The molecule has 0 radical (unpaired) electrons. The smallest absolute Gasteiger partial charge is 0.409 e. The number of nitrogens with zero attached hydrogens (tertiary/aromatic N) is 1. The molecule has 122 valence electrons. The summed E-state index contributed by atoms with van der Waals surface area (Å²) in [6.07, 6.45) is -2.63. The first-order chi connectivity index (χ1) is 10.4. The lowest BCUT2D eigenvalue weighted by Gasteiger charge is -2.29. The second-order valence-electron chi connectivity index (χ2n) is 5.20. The van der Waals surface area contributed by atoms with Crippen LogP contribution in [-0.2, 0) is 4.79 Å². The SMILES string of the molecule is CCCCOc1cccc(C(N2CCC(=O)N2)C(F)(F)F)c1. The van der Waals surface area contributed by atoms with Crippen LogP contribution in [0.5, 0.6) is 5.75 Å². The molecule has 1 aliphatic rings. The third kappa shape index (κ3) is 4.13. The number of carbonyl (C=O) groups is 1. The summed E-state index contributed by atoms with van der Waals surface area (Å²) in [6, 6.07) is 4.09. The van der Waals surface area contributed by atoms with Crippen molar-refractivity contribution < 1.29 is 22.7 Å². The van der Waals surface area contributed by atoms with Crippen molar-refractivity contribution in [2.24, 2.45) is 0 Å². The van der Waals surface area contributed by atoms with Crippen molar-refractivity contribution in [3.63, 3.8) is 0 Å². The van der Waals surface area contributed by atoms with E-state index in [4.69, 9.17) is 4.74 Å². The maximum atomic E-state index is 13.4. The molecule has 1 amide bonds. The van der Waals surface area contributed by atoms with Crippen molar-refractivity contribution in [2.75, 3.05) is 13.2 Å². The van der Waals surface area contributed by atoms with E-state index in [-0.39, 0.29) is 18.5 Å². The Morgan fingerprint density at radius 3 is 2.77 bits per heavy atom. The second kappa shape index (κ2) is 7.00. The minimum atomic E-state index is -4.49. The second-order valence-corrected chi connectivity index (χ2v) is 5.20. The molecule has 0 aromatic heterocycles. The van der Waals surface area contributed by atoms with Crippen LogP contribution in [0.3, 0.4) is 0 Å². The van der Waals surface area contributed by atoms with Crippen LogP contribution in [0.25, 0.3) is 0 Å². The van der Waals surface area contributed by atoms with Gasteiger partial charge in [-0.25, -0.2) is 5.01 Å². The van der Waals surface area contributed by atoms with Crippen LogP contribution in [0.4, 0.5) is 13.2 Å². The molecule has 1 aromatic rings. The van der Waals surface area contributed by atoms with Gasteiger partial charge < -0.3 is 4.74 Å². The number of hydrazine groups is 1. The van der Waals surface area contributed by atoms with Gasteiger partial charge in [0, 0.05) is 13.0 Å². The summed E-state index contributed by atoms with van der Waals surface area (Å²) in [6.45, 7) is 2.51. The number of amides is 1. The largest absolute Gasteiger partial charge is 0.494 e. The van der Waals surface area contributed by atoms with Gasteiger partial charge in [0.15, 0.2) is 0 Å². The molecule has 0 aliphatic carbocycles. The average molecular weight is 316 g/mol. The standard InChI is InChI=1S/C15H19F3N2O2/c1-2-3-9-22-12-6-4-5-11(10-12)14(15(16,17)18)20-8-7-13(21)19-20/h4-6,10,14H,2-3,7-9H2,1H3,(H,19,21). The summed E-state index contributed by atoms with van der Waals surface area (Å²) in [5.74, 6) is 0.00956. The quantitative estimate of drug-likeness (QED) is 0.820. The van der Waals surface area contributed by atoms with Gasteiger partial charge in [-0.2, -0.15) is 13.2 Å². The van der Waals surface area contributed by atoms with Crippen LogP contribution < -0.4 is 10.2 Å². The fraction of sp³-hybridized carbons (Fsp3) is 0.533. The number of nitrogens with one attached hydrogen (secondary N) is 1. The molecule has 1 unspecified atom stereocenters. The normalized spacial score (nSPS) is 17.4. The number of alkyl halides is 3. The first-order valence-corrected chi connectivity index (χ1v) is 7.27. The first-order valence-electron chi connectivity index (χ1n) is 7.27. The number of halogens is 3. The lowest BCUT2D eigenvalue weighted by molar-refractivity contribution is -0.191. The molecule has 0 bridgehead atoms. The Morgan fingerprint density at radius 1 is 1.41 bits per heavy atom. The molecular weight excluding hydrogens is 297 g/mol. The number of hydrogen-bond acceptors (Lipinski definition) is 3. The van der Waals surface area contributed by atoms with E-state index in [1.54, 1.807) is 6.07 Å². The Balaban J connectivity index is 2.20. The molecule has 2 rings (SSSR count). The van der Waals surface area contributed by atoms with Gasteiger partial charge in [0.05, 0.1) is 6.61 Å². The van der Waals surface area contributed by atoms with Crippen LogP contribution in [0.15, 0.2) is 24.3 Å². The van der Waals surface area contributed by atoms with Crippen LogP contribution in [0.1, 0.15) is 37.8 Å². The van der Waals surface area contributed by atoms with E-state index in [1.165, 1.54) is 18.2 Å². The van der Waals surface area contributed by atoms with Crippen molar-refractivity contribution >= 4 is 5.91 Å². The lowest BCUT2D eigenvalue weighted by atomic mass is 10.1. The molecule has 22 heavy (non-hydrogen) atoms. The fourth-order valence-corrected chi connectivity index (χ4v) is 2.34. The number of benzene rings is 1. The van der Waals surface area contributed by atoms with Gasteiger partial charge in [-0.3, -0.25) is 10.2 Å². The monoisotopic (exact) mass is 316 g/mol. The van der Waals surface area contributed by atoms with Gasteiger partial charge in [-0.05, 0) is 24.1 Å². The Bertz CT molecular complexity index is 520. The van der Waals surface area contributed by atoms with Crippen molar-refractivity contribution in [3.05, 3.63) is 29.8 Å². The molecule has 1 N–H and O–H groups in total. The Hall–Kier alpha value is -1.76. The fourth-order valence-electron chi connectivity index (χ4n) is 2.34. The van der Waals surface area contributed by atoms with Crippen molar-refractivity contribution in [2.45, 2.75) is 38.4 Å². The predicted molar refractivity (Wildman–Crippen MR) is 75.1 cm³/mol. The van der Waals surface area contributed by atoms with E-state index in [0.29, 0.717) is 12.4 Å². The Morgan fingerprint density at radius 2 is 2.18 bits per heavy atom. The van der Waals surface area contributed by atoms with Crippen molar-refractivity contribution in [1.82, 2.24) is 10.4 Å². The van der Waals surface area contributed by atoms with Crippen LogP contribution in [0, 0.1) is 0 Å². The topological polar surface area (TPSA) is 41.6 Å². The van der Waals surface area contributed by atoms with Gasteiger partial charge >= 0.3 is 6.18 Å². The highest BCUT2D eigenvalue weighted by Gasteiger charge is 2.46. The minimum absolute atomic E-state index is 0.0317. The van der Waals surface area contributed by atoms with Crippen LogP contribution in [-0.4, -0.2) is 30.2 Å². The zero-order chi connectivity index (χ0) is 16.2. The highest BCUT2D eigenvalue weighted by molar-refractivity contribution is 5.77. The molecule has 0 spiro atoms. The molecule has 1 fully saturated rings. The van der Waals surface area contributed by atoms with Gasteiger partial charge in [0.25, 0.3) is 0 Å². The maximum absolute atomic E-state index is 13.4. The zero-order valence-corrected chi connectivity index (χ0v) is 12.3. The average Bonchev–Trinajstić information content (AvgIpc) is 2.84. The molecule has 7 heteroatoms. The Labute approximate surface area is 127 Å². The first kappa shape index (κ1) is 16.6. The summed E-state index contributed by atoms with van der Waals surface area (Å²) in [7, 11) is 0. The summed E-state index contributed by atoms with van der Waals surface area (Å²) in [4.78, 5) is 11.2. The highest BCUT2D eigenvalue weighted by atomic mass is 19.4. The molecular formula is C15H19F3N2O2. The number of hydrogen-bond donors (Lipinski definition) is 1. The summed E-state index contributed by atoms with van der Waals surface area (Å²) in [5.41, 5.74) is 2.32. The van der Waals surface area contributed by atoms with Gasteiger partial charge in [0.2, 0.25) is 5.91 Å². The molecule has 0 saturated carbocycles. The number of carbonyl (C=O) groups excluding carboxylic acids is 1.